The number of ether oxygens (including phenoxy) is 1. The predicted molar refractivity (Wildman–Crippen MR) is 371 cm³/mol. The van der Waals surface area contributed by atoms with Gasteiger partial charge in [0.25, 0.3) is 0 Å². The van der Waals surface area contributed by atoms with Crippen LogP contribution in [0.15, 0.2) is 134 Å². The minimum absolute atomic E-state index is 0.196. The molecule has 0 amide bonds. The highest BCUT2D eigenvalue weighted by atomic mass is 16.5. The molecule has 3 aliphatic carbocycles. The number of aliphatic hydroxyl groups is 2. The van der Waals surface area contributed by atoms with E-state index in [0.717, 1.165) is 102 Å². The van der Waals surface area contributed by atoms with Crippen molar-refractivity contribution in [2.24, 2.45) is 17.8 Å². The third-order valence-corrected chi connectivity index (χ3v) is 21.7. The Hall–Kier alpha value is -5.90. The molecule has 1 saturated carbocycles. The van der Waals surface area contributed by atoms with Crippen molar-refractivity contribution < 1.29 is 40.5 Å². The molecule has 7 N–H and O–H groups in total. The van der Waals surface area contributed by atoms with E-state index < -0.39 is 11.7 Å². The molecule has 4 aliphatic heterocycles. The van der Waals surface area contributed by atoms with E-state index in [-0.39, 0.29) is 39.8 Å². The summed E-state index contributed by atoms with van der Waals surface area (Å²) < 4.78 is 6.13. The fourth-order valence-corrected chi connectivity index (χ4v) is 17.2. The average molecular weight is 1250 g/mol. The fourth-order valence-electron chi connectivity index (χ4n) is 17.2. The van der Waals surface area contributed by atoms with Crippen LogP contribution in [0.2, 0.25) is 0 Å². The van der Waals surface area contributed by atoms with Crippen LogP contribution in [0, 0.1) is 17.8 Å². The number of hydrogen-bond donors (Lipinski definition) is 7. The van der Waals surface area contributed by atoms with Crippen LogP contribution in [0.4, 0.5) is 0 Å². The number of rotatable bonds is 14. The Morgan fingerprint density at radius 2 is 1.20 bits per heavy atom. The fraction of sp³-hybridized carbons (Fsp3) is 0.564. The van der Waals surface area contributed by atoms with Gasteiger partial charge in [-0.05, 0) is 227 Å². The van der Waals surface area contributed by atoms with Crippen molar-refractivity contribution in [3.8, 4) is 34.5 Å². The van der Waals surface area contributed by atoms with E-state index in [4.69, 9.17) is 4.74 Å². The molecular formula is C78H113N5O8. The van der Waals surface area contributed by atoms with E-state index in [9.17, 15) is 35.7 Å². The molecule has 12 rings (SSSR count). The lowest BCUT2D eigenvalue weighted by Crippen LogP contribution is -2.65. The van der Waals surface area contributed by atoms with Gasteiger partial charge in [0.15, 0.2) is 11.5 Å². The first-order chi connectivity index (χ1) is 43.5. The number of phenols is 5. The number of likely N-dealkylation sites (tertiary alicyclic amines) is 3. The van der Waals surface area contributed by atoms with Crippen LogP contribution in [-0.4, -0.2) is 173 Å². The lowest BCUT2D eigenvalue weighted by Gasteiger charge is -2.57. The van der Waals surface area contributed by atoms with E-state index in [0.29, 0.717) is 46.8 Å². The maximum atomic E-state index is 11.0. The van der Waals surface area contributed by atoms with E-state index >= 15 is 0 Å². The molecule has 5 aromatic carbocycles. The highest BCUT2D eigenvalue weighted by Crippen LogP contribution is 2.62. The first-order valence-corrected chi connectivity index (χ1v) is 34.4. The molecule has 0 radical (unpaired) electrons. The quantitative estimate of drug-likeness (QED) is 0.0526. The predicted octanol–water partition coefficient (Wildman–Crippen LogP) is 13.5. The number of benzene rings is 5. The van der Waals surface area contributed by atoms with Gasteiger partial charge in [-0.25, -0.2) is 0 Å². The van der Waals surface area contributed by atoms with Crippen molar-refractivity contribution in [1.82, 2.24) is 24.5 Å². The molecule has 13 nitrogen and oxygen atoms in total. The smallest absolute Gasteiger partial charge is 0.165 e. The zero-order chi connectivity index (χ0) is 65.7. The Labute approximate surface area is 546 Å². The monoisotopic (exact) mass is 1250 g/mol. The van der Waals surface area contributed by atoms with Crippen molar-refractivity contribution >= 4 is 0 Å². The Balaban J connectivity index is 0.000000148. The number of nitrogens with zero attached hydrogens (tertiary/aromatic N) is 5. The number of aliphatic hydroxyl groups excluding tert-OH is 1. The van der Waals surface area contributed by atoms with Crippen molar-refractivity contribution in [3.05, 3.63) is 167 Å². The molecule has 11 atom stereocenters. The zero-order valence-corrected chi connectivity index (χ0v) is 56.9. The van der Waals surface area contributed by atoms with E-state index in [1.165, 1.54) is 80.3 Å². The molecule has 5 aromatic rings. The molecule has 4 heterocycles. The average Bonchev–Trinajstić information content (AvgIpc) is 1.57. The molecule has 2 bridgehead atoms. The van der Waals surface area contributed by atoms with Crippen molar-refractivity contribution in [2.45, 2.75) is 170 Å². The SMILES string of the molecule is C=CCN1CC[C@]23c4c5ccc(O)c4O[C@H]2[C@@H](O)C=C[C@H]3[C@H]1C5.CC[C@@H](c1cccc(O)c1)[C@@H](C)CN(C)C.CC[C@@]1(c2cccc(O)c2)CCCCN(C)C1.CC[C@]1(c2cccc(O)c2)CCCCN(C)C1.CN(C)CC1CCCCC1(O)c1cccc(O)c1. The minimum atomic E-state index is -0.790. The van der Waals surface area contributed by atoms with Gasteiger partial charge in [-0.3, -0.25) is 4.90 Å². The topological polar surface area (TPSA) is 167 Å². The molecule has 91 heavy (non-hydrogen) atoms. The van der Waals surface area contributed by atoms with Crippen LogP contribution in [-0.2, 0) is 28.3 Å². The van der Waals surface area contributed by atoms with Gasteiger partial charge in [0.2, 0.25) is 0 Å². The molecule has 3 saturated heterocycles. The van der Waals surface area contributed by atoms with Gasteiger partial charge in [0.1, 0.15) is 35.2 Å². The van der Waals surface area contributed by atoms with Crippen molar-refractivity contribution in [3.63, 3.8) is 0 Å². The second-order valence-corrected chi connectivity index (χ2v) is 28.5. The summed E-state index contributed by atoms with van der Waals surface area (Å²) >= 11 is 0. The Kier molecular flexibility index (Phi) is 24.8. The minimum Gasteiger partial charge on any atom is -0.508 e. The molecule has 4 fully saturated rings. The van der Waals surface area contributed by atoms with Gasteiger partial charge >= 0.3 is 0 Å². The third-order valence-electron chi connectivity index (χ3n) is 21.7. The second-order valence-electron chi connectivity index (χ2n) is 28.5. The van der Waals surface area contributed by atoms with Gasteiger partial charge in [-0.1, -0.05) is 126 Å². The lowest BCUT2D eigenvalue weighted by molar-refractivity contribution is -0.0619. The first kappa shape index (κ1) is 71.0. The summed E-state index contributed by atoms with van der Waals surface area (Å²) in [5.41, 5.74) is 6.59. The van der Waals surface area contributed by atoms with Crippen LogP contribution >= 0.6 is 0 Å². The molecule has 1 spiro atoms. The summed E-state index contributed by atoms with van der Waals surface area (Å²) in [5, 5.41) is 70.3. The number of aromatic hydroxyl groups is 5. The summed E-state index contributed by atoms with van der Waals surface area (Å²) in [7, 11) is 12.7. The van der Waals surface area contributed by atoms with E-state index in [1.54, 1.807) is 36.4 Å². The zero-order valence-electron chi connectivity index (χ0n) is 56.9. The van der Waals surface area contributed by atoms with E-state index in [1.807, 2.05) is 80.8 Å². The van der Waals surface area contributed by atoms with Crippen LogP contribution < -0.4 is 4.74 Å². The summed E-state index contributed by atoms with van der Waals surface area (Å²) in [5.74, 6) is 3.87. The van der Waals surface area contributed by atoms with Crippen molar-refractivity contribution in [2.75, 3.05) is 94.6 Å². The summed E-state index contributed by atoms with van der Waals surface area (Å²) in [4.78, 5) is 11.7. The van der Waals surface area contributed by atoms with Gasteiger partial charge < -0.3 is 60.1 Å². The van der Waals surface area contributed by atoms with Gasteiger partial charge in [-0.15, -0.1) is 6.58 Å². The lowest BCUT2D eigenvalue weighted by atomic mass is 9.53. The maximum absolute atomic E-state index is 11.0. The molecule has 7 aliphatic rings. The number of likely N-dealkylation sites (N-methyl/N-ethyl adjacent to an activating group) is 2. The van der Waals surface area contributed by atoms with E-state index in [2.05, 4.69) is 111 Å². The number of phenolic OH excluding ortho intramolecular Hbond substituents is 5. The van der Waals surface area contributed by atoms with Crippen LogP contribution in [0.5, 0.6) is 34.5 Å². The first-order valence-electron chi connectivity index (χ1n) is 34.4. The highest BCUT2D eigenvalue weighted by molar-refractivity contribution is 5.62. The van der Waals surface area contributed by atoms with Crippen LogP contribution in [0.25, 0.3) is 0 Å². The van der Waals surface area contributed by atoms with Crippen molar-refractivity contribution in [1.29, 1.82) is 0 Å². The normalized spacial score (nSPS) is 28.3. The van der Waals surface area contributed by atoms with Crippen LogP contribution in [0.1, 0.15) is 157 Å². The van der Waals surface area contributed by atoms with Gasteiger partial charge in [-0.2, -0.15) is 0 Å². The maximum Gasteiger partial charge on any atom is 0.165 e. The van der Waals surface area contributed by atoms with Crippen LogP contribution in [0.3, 0.4) is 0 Å². The van der Waals surface area contributed by atoms with Gasteiger partial charge in [0, 0.05) is 72.4 Å². The third kappa shape index (κ3) is 16.5. The molecule has 498 valence electrons. The second kappa shape index (κ2) is 31.8. The molecular weight excluding hydrogens is 1130 g/mol. The highest BCUT2D eigenvalue weighted by Gasteiger charge is 2.64. The number of piperidine rings is 1. The Morgan fingerprint density at radius 1 is 0.648 bits per heavy atom. The largest absolute Gasteiger partial charge is 0.508 e. The molecule has 0 aromatic heterocycles. The standard InChI is InChI=1S/C19H21NO3.C15H23NO2.2C15H23NO.C14H23NO/c1-2-8-20-9-7-19-12-4-6-15(22)18(19)23-17-14(21)5-3-11(16(17)19)10-13(12)20;1-16(2)11-13-6-3-4-9-15(13,18)12-7-5-8-14(17)10-12;2*1-3-15(9-4-5-10-16(2)12-15)13-7-6-8-14(17)11-13;1-5-14(11(2)10-15(3)4)12-7-6-8-13(16)9-12/h2-6,12-13,15,18,21-22H,1,7-10H2;5,7-8,10,13,17-18H,3-4,6,9,11H2,1-2H3;2*6-8,11,17H,3-5,9-10,12H2,1-2H3;6-9,11,14,16H,5,10H2,1-4H3/t12-,13+,15-,18-,19-;;2*15-;11-,14+/m0.100/s1. The summed E-state index contributed by atoms with van der Waals surface area (Å²) in [6.07, 6.45) is 22.1. The summed E-state index contributed by atoms with van der Waals surface area (Å²) in [6, 6.07) is 34.6. The Morgan fingerprint density at radius 3 is 1.73 bits per heavy atom. The van der Waals surface area contributed by atoms with Gasteiger partial charge in [0.05, 0.1) is 5.60 Å². The number of hydrogen-bond acceptors (Lipinski definition) is 13. The summed E-state index contributed by atoms with van der Waals surface area (Å²) in [6.45, 7) is 21.3. The Bertz CT molecular complexity index is 3080. The molecule has 2 unspecified atom stereocenters. The molecule has 13 heteroatoms.